The van der Waals surface area contributed by atoms with Crippen LogP contribution in [0.5, 0.6) is 0 Å². The highest BCUT2D eigenvalue weighted by Crippen LogP contribution is 2.18. The number of hydrogen-bond acceptors (Lipinski definition) is 2. The van der Waals surface area contributed by atoms with Gasteiger partial charge in [0.25, 0.3) is 5.56 Å². The maximum absolute atomic E-state index is 12.3. The third-order valence-corrected chi connectivity index (χ3v) is 3.26. The summed E-state index contributed by atoms with van der Waals surface area (Å²) in [6, 6.07) is 15.5. The van der Waals surface area contributed by atoms with Crippen molar-refractivity contribution in [2.45, 2.75) is 6.92 Å². The number of aryl methyl sites for hydroxylation is 1. The van der Waals surface area contributed by atoms with Crippen molar-refractivity contribution in [1.82, 2.24) is 9.55 Å². The molecule has 0 spiro atoms. The molecule has 0 aliphatic rings. The average Bonchev–Trinajstić information content (AvgIpc) is 2.43. The van der Waals surface area contributed by atoms with Crippen molar-refractivity contribution in [3.63, 3.8) is 0 Å². The molecule has 0 aliphatic carbocycles. The second-order valence-corrected chi connectivity index (χ2v) is 4.69. The van der Waals surface area contributed by atoms with Crippen molar-refractivity contribution >= 4 is 10.9 Å². The number of nitrogens with zero attached hydrogens (tertiary/aromatic N) is 2. The standard InChI is InChI=1S/C16H14N2O/c1-11-6-5-7-12(10-11)15-17-14-9-4-3-8-13(14)16(19)18(15)2/h3-10H,1-2H3. The van der Waals surface area contributed by atoms with Gasteiger partial charge in [-0.3, -0.25) is 9.36 Å². The molecule has 0 bridgehead atoms. The zero-order valence-corrected chi connectivity index (χ0v) is 10.9. The highest BCUT2D eigenvalue weighted by atomic mass is 16.1. The summed E-state index contributed by atoms with van der Waals surface area (Å²) in [5.41, 5.74) is 2.84. The predicted octanol–water partition coefficient (Wildman–Crippen LogP) is 2.91. The lowest BCUT2D eigenvalue weighted by Crippen LogP contribution is -2.20. The number of aromatic nitrogens is 2. The molecule has 19 heavy (non-hydrogen) atoms. The van der Waals surface area contributed by atoms with Gasteiger partial charge in [0.15, 0.2) is 0 Å². The number of para-hydroxylation sites is 1. The molecule has 3 aromatic rings. The lowest BCUT2D eigenvalue weighted by atomic mass is 10.1. The van der Waals surface area contributed by atoms with Crippen molar-refractivity contribution in [1.29, 1.82) is 0 Å². The minimum absolute atomic E-state index is 0.0119. The Morgan fingerprint density at radius 2 is 1.84 bits per heavy atom. The van der Waals surface area contributed by atoms with Crippen molar-refractivity contribution in [2.24, 2.45) is 7.05 Å². The van der Waals surface area contributed by atoms with E-state index in [1.807, 2.05) is 55.5 Å². The summed E-state index contributed by atoms with van der Waals surface area (Å²) < 4.78 is 1.61. The highest BCUT2D eigenvalue weighted by Gasteiger charge is 2.09. The molecular weight excluding hydrogens is 236 g/mol. The van der Waals surface area contributed by atoms with E-state index in [1.54, 1.807) is 11.6 Å². The van der Waals surface area contributed by atoms with E-state index in [4.69, 9.17) is 0 Å². The van der Waals surface area contributed by atoms with Crippen molar-refractivity contribution in [3.8, 4) is 11.4 Å². The fourth-order valence-electron chi connectivity index (χ4n) is 2.26. The second-order valence-electron chi connectivity index (χ2n) is 4.69. The molecule has 2 aromatic carbocycles. The normalized spacial score (nSPS) is 10.8. The van der Waals surface area contributed by atoms with E-state index >= 15 is 0 Å². The first-order valence-corrected chi connectivity index (χ1v) is 6.19. The maximum Gasteiger partial charge on any atom is 0.261 e. The topological polar surface area (TPSA) is 34.9 Å². The van der Waals surface area contributed by atoms with Gasteiger partial charge in [-0.1, -0.05) is 35.9 Å². The molecule has 3 rings (SSSR count). The first-order valence-electron chi connectivity index (χ1n) is 6.19. The van der Waals surface area contributed by atoms with Crippen LogP contribution in [0.15, 0.2) is 53.3 Å². The molecule has 0 fully saturated rings. The van der Waals surface area contributed by atoms with Crippen LogP contribution in [0.2, 0.25) is 0 Å². The zero-order chi connectivity index (χ0) is 13.4. The number of fused-ring (bicyclic) bond motifs is 1. The third kappa shape index (κ3) is 1.93. The summed E-state index contributed by atoms with van der Waals surface area (Å²) in [6.45, 7) is 2.03. The molecule has 3 nitrogen and oxygen atoms in total. The van der Waals surface area contributed by atoms with Crippen LogP contribution in [0.3, 0.4) is 0 Å². The van der Waals surface area contributed by atoms with Crippen LogP contribution in [0.1, 0.15) is 5.56 Å². The van der Waals surface area contributed by atoms with Gasteiger partial charge in [0.2, 0.25) is 0 Å². The number of benzene rings is 2. The van der Waals surface area contributed by atoms with Gasteiger partial charge < -0.3 is 0 Å². The van der Waals surface area contributed by atoms with Gasteiger partial charge in [0, 0.05) is 12.6 Å². The van der Waals surface area contributed by atoms with E-state index in [0.717, 1.165) is 16.6 Å². The van der Waals surface area contributed by atoms with Gasteiger partial charge in [0.1, 0.15) is 5.82 Å². The average molecular weight is 250 g/mol. The van der Waals surface area contributed by atoms with Gasteiger partial charge >= 0.3 is 0 Å². The van der Waals surface area contributed by atoms with E-state index in [1.165, 1.54) is 0 Å². The Bertz CT molecular complexity index is 818. The minimum Gasteiger partial charge on any atom is -0.295 e. The van der Waals surface area contributed by atoms with Crippen molar-refractivity contribution in [2.75, 3.05) is 0 Å². The fourth-order valence-corrected chi connectivity index (χ4v) is 2.26. The summed E-state index contributed by atoms with van der Waals surface area (Å²) in [7, 11) is 1.76. The van der Waals surface area contributed by atoms with Crippen LogP contribution in [0, 0.1) is 6.92 Å². The molecule has 0 atom stereocenters. The van der Waals surface area contributed by atoms with Crippen LogP contribution in [0.25, 0.3) is 22.3 Å². The Balaban J connectivity index is 2.36. The molecule has 0 amide bonds. The molecule has 0 saturated heterocycles. The quantitative estimate of drug-likeness (QED) is 0.665. The Morgan fingerprint density at radius 3 is 2.63 bits per heavy atom. The summed E-state index contributed by atoms with van der Waals surface area (Å²) in [5.74, 6) is 0.701. The SMILES string of the molecule is Cc1cccc(-c2nc3ccccc3c(=O)n2C)c1. The van der Waals surface area contributed by atoms with E-state index in [-0.39, 0.29) is 5.56 Å². The summed E-state index contributed by atoms with van der Waals surface area (Å²) in [4.78, 5) is 16.9. The Labute approximate surface area is 111 Å². The van der Waals surface area contributed by atoms with E-state index in [9.17, 15) is 4.79 Å². The first kappa shape index (κ1) is 11.7. The lowest BCUT2D eigenvalue weighted by Gasteiger charge is -2.09. The number of rotatable bonds is 1. The predicted molar refractivity (Wildman–Crippen MR) is 77.2 cm³/mol. The Kier molecular flexibility index (Phi) is 2.67. The molecule has 0 unspecified atom stereocenters. The summed E-state index contributed by atoms with van der Waals surface area (Å²) in [5, 5.41) is 0.654. The number of hydrogen-bond donors (Lipinski definition) is 0. The summed E-state index contributed by atoms with van der Waals surface area (Å²) >= 11 is 0. The van der Waals surface area contributed by atoms with Crippen LogP contribution >= 0.6 is 0 Å². The van der Waals surface area contributed by atoms with Gasteiger partial charge in [0.05, 0.1) is 10.9 Å². The highest BCUT2D eigenvalue weighted by molar-refractivity contribution is 5.79. The van der Waals surface area contributed by atoms with Gasteiger partial charge in [-0.15, -0.1) is 0 Å². The zero-order valence-electron chi connectivity index (χ0n) is 10.9. The molecule has 0 saturated carbocycles. The van der Waals surface area contributed by atoms with E-state index < -0.39 is 0 Å². The van der Waals surface area contributed by atoms with Gasteiger partial charge in [-0.2, -0.15) is 0 Å². The molecule has 0 aliphatic heterocycles. The Morgan fingerprint density at radius 1 is 1.05 bits per heavy atom. The van der Waals surface area contributed by atoms with E-state index in [2.05, 4.69) is 4.98 Å². The van der Waals surface area contributed by atoms with Crippen LogP contribution in [0.4, 0.5) is 0 Å². The third-order valence-electron chi connectivity index (χ3n) is 3.26. The molecule has 1 heterocycles. The van der Waals surface area contributed by atoms with Crippen LogP contribution < -0.4 is 5.56 Å². The van der Waals surface area contributed by atoms with Crippen molar-refractivity contribution in [3.05, 3.63) is 64.4 Å². The molecule has 94 valence electrons. The van der Waals surface area contributed by atoms with Gasteiger partial charge in [-0.05, 0) is 25.1 Å². The fraction of sp³-hybridized carbons (Fsp3) is 0.125. The maximum atomic E-state index is 12.3. The monoisotopic (exact) mass is 250 g/mol. The Hall–Kier alpha value is -2.42. The second kappa shape index (κ2) is 4.35. The van der Waals surface area contributed by atoms with Gasteiger partial charge in [-0.25, -0.2) is 4.98 Å². The minimum atomic E-state index is -0.0119. The molecule has 0 radical (unpaired) electrons. The van der Waals surface area contributed by atoms with E-state index in [0.29, 0.717) is 11.2 Å². The van der Waals surface area contributed by atoms with Crippen molar-refractivity contribution < 1.29 is 0 Å². The molecule has 0 N–H and O–H groups in total. The lowest BCUT2D eigenvalue weighted by molar-refractivity contribution is 0.855. The first-order chi connectivity index (χ1) is 9.16. The summed E-state index contributed by atoms with van der Waals surface area (Å²) in [6.07, 6.45) is 0. The molecular formula is C16H14N2O. The van der Waals surface area contributed by atoms with Crippen LogP contribution in [-0.4, -0.2) is 9.55 Å². The smallest absolute Gasteiger partial charge is 0.261 e. The molecule has 1 aromatic heterocycles. The molecule has 3 heteroatoms. The largest absolute Gasteiger partial charge is 0.295 e. The van der Waals surface area contributed by atoms with Crippen LogP contribution in [-0.2, 0) is 7.05 Å².